The van der Waals surface area contributed by atoms with Crippen molar-refractivity contribution >= 4 is 17.5 Å². The molecule has 0 aromatic carbocycles. The first-order chi connectivity index (χ1) is 6.75. The van der Waals surface area contributed by atoms with Gasteiger partial charge in [-0.15, -0.1) is 11.6 Å². The second-order valence-corrected chi connectivity index (χ2v) is 3.03. The molecule has 0 atom stereocenters. The van der Waals surface area contributed by atoms with Gasteiger partial charge in [-0.3, -0.25) is 4.79 Å². The van der Waals surface area contributed by atoms with E-state index in [1.807, 2.05) is 0 Å². The normalized spacial score (nSPS) is 10.7. The third kappa shape index (κ3) is 2.92. The summed E-state index contributed by atoms with van der Waals surface area (Å²) in [5.74, 6) is 0.958. The number of nitrogens with one attached hydrogen (secondary N) is 1. The highest BCUT2D eigenvalue weighted by molar-refractivity contribution is 6.18. The van der Waals surface area contributed by atoms with Gasteiger partial charge in [-0.1, -0.05) is 12.2 Å². The lowest BCUT2D eigenvalue weighted by atomic mass is 10.2. The quantitative estimate of drug-likeness (QED) is 0.615. The van der Waals surface area contributed by atoms with Gasteiger partial charge in [0.2, 0.25) is 0 Å². The average molecular weight is 214 g/mol. The summed E-state index contributed by atoms with van der Waals surface area (Å²) in [5.41, 5.74) is 0.573. The largest absolute Gasteiger partial charge is 0.469 e. The van der Waals surface area contributed by atoms with E-state index >= 15 is 0 Å². The first-order valence-electron chi connectivity index (χ1n) is 4.29. The van der Waals surface area contributed by atoms with Crippen molar-refractivity contribution in [1.29, 1.82) is 0 Å². The smallest absolute Gasteiger partial charge is 0.255 e. The van der Waals surface area contributed by atoms with Crippen molar-refractivity contribution in [2.45, 2.75) is 6.92 Å². The molecule has 1 aromatic rings. The lowest BCUT2D eigenvalue weighted by molar-refractivity contribution is 0.0956. The molecule has 0 radical (unpaired) electrons. The third-order valence-electron chi connectivity index (χ3n) is 1.74. The molecule has 4 heteroatoms. The molecule has 0 unspecified atom stereocenters. The van der Waals surface area contributed by atoms with E-state index in [1.165, 1.54) is 6.26 Å². The Kier molecular flexibility index (Phi) is 4.26. The predicted octanol–water partition coefficient (Wildman–Crippen LogP) is 2.11. The minimum Gasteiger partial charge on any atom is -0.469 e. The van der Waals surface area contributed by atoms with Crippen LogP contribution < -0.4 is 5.32 Å². The lowest BCUT2D eigenvalue weighted by Gasteiger charge is -1.99. The van der Waals surface area contributed by atoms with Gasteiger partial charge in [0.1, 0.15) is 5.76 Å². The highest BCUT2D eigenvalue weighted by Crippen LogP contribution is 2.07. The van der Waals surface area contributed by atoms with Crippen LogP contribution in [0.25, 0.3) is 0 Å². The zero-order valence-corrected chi connectivity index (χ0v) is 8.67. The number of hydrogen-bond acceptors (Lipinski definition) is 2. The van der Waals surface area contributed by atoms with E-state index in [0.717, 1.165) is 0 Å². The molecule has 0 saturated heterocycles. The summed E-state index contributed by atoms with van der Waals surface area (Å²) in [5, 5.41) is 2.72. The van der Waals surface area contributed by atoms with Crippen LogP contribution in [0, 0.1) is 6.92 Å². The van der Waals surface area contributed by atoms with Crippen molar-refractivity contribution in [1.82, 2.24) is 5.32 Å². The van der Waals surface area contributed by atoms with Gasteiger partial charge >= 0.3 is 0 Å². The molecular formula is C10H12ClNO2. The molecular weight excluding hydrogens is 202 g/mol. The molecule has 3 nitrogen and oxygen atoms in total. The Balaban J connectivity index is 2.44. The molecule has 0 aliphatic heterocycles. The highest BCUT2D eigenvalue weighted by Gasteiger charge is 2.09. The van der Waals surface area contributed by atoms with Crippen LogP contribution in [0.2, 0.25) is 0 Å². The predicted molar refractivity (Wildman–Crippen MR) is 55.6 cm³/mol. The summed E-state index contributed by atoms with van der Waals surface area (Å²) in [6.45, 7) is 2.24. The van der Waals surface area contributed by atoms with Gasteiger partial charge in [0.25, 0.3) is 5.91 Å². The molecule has 1 rings (SSSR count). The summed E-state index contributed by atoms with van der Waals surface area (Å²) in [6, 6.07) is 1.65. The number of carbonyl (C=O) groups is 1. The molecule has 1 heterocycles. The molecule has 0 aliphatic rings. The highest BCUT2D eigenvalue weighted by atomic mass is 35.5. The van der Waals surface area contributed by atoms with Crippen LogP contribution in [0.3, 0.4) is 0 Å². The van der Waals surface area contributed by atoms with E-state index in [0.29, 0.717) is 23.7 Å². The topological polar surface area (TPSA) is 42.2 Å². The molecule has 0 bridgehead atoms. The van der Waals surface area contributed by atoms with Crippen molar-refractivity contribution in [3.63, 3.8) is 0 Å². The van der Waals surface area contributed by atoms with Crippen molar-refractivity contribution in [3.8, 4) is 0 Å². The Hall–Kier alpha value is -1.22. The van der Waals surface area contributed by atoms with Crippen LogP contribution in [0.1, 0.15) is 16.1 Å². The Morgan fingerprint density at radius 3 is 3.00 bits per heavy atom. The zero-order valence-electron chi connectivity index (χ0n) is 7.92. The number of allylic oxidation sites excluding steroid dienone is 1. The third-order valence-corrected chi connectivity index (χ3v) is 1.92. The van der Waals surface area contributed by atoms with Gasteiger partial charge in [0, 0.05) is 12.4 Å². The Morgan fingerprint density at radius 2 is 2.43 bits per heavy atom. The van der Waals surface area contributed by atoms with Gasteiger partial charge in [0.05, 0.1) is 11.8 Å². The van der Waals surface area contributed by atoms with E-state index in [4.69, 9.17) is 16.0 Å². The molecule has 1 aromatic heterocycles. The average Bonchev–Trinajstić information content (AvgIpc) is 2.59. The maximum Gasteiger partial charge on any atom is 0.255 e. The van der Waals surface area contributed by atoms with Gasteiger partial charge in [-0.2, -0.15) is 0 Å². The molecule has 0 aliphatic carbocycles. The number of halogens is 1. The standard InChI is InChI=1S/C10H12ClNO2/c1-8-9(4-7-14-8)10(13)12-6-3-2-5-11/h2-4,7H,5-6H2,1H3,(H,12,13)/b3-2+. The number of aryl methyl sites for hydroxylation is 1. The summed E-state index contributed by atoms with van der Waals surface area (Å²) < 4.78 is 5.01. The van der Waals surface area contributed by atoms with E-state index in [9.17, 15) is 4.79 Å². The van der Waals surface area contributed by atoms with Crippen LogP contribution in [0.5, 0.6) is 0 Å². The summed E-state index contributed by atoms with van der Waals surface area (Å²) in [6.07, 6.45) is 5.09. The number of amides is 1. The van der Waals surface area contributed by atoms with Crippen LogP contribution in [0.4, 0.5) is 0 Å². The monoisotopic (exact) mass is 213 g/mol. The summed E-state index contributed by atoms with van der Waals surface area (Å²) >= 11 is 5.43. The summed E-state index contributed by atoms with van der Waals surface area (Å²) in [4.78, 5) is 11.5. The SMILES string of the molecule is Cc1occc1C(=O)NC/C=C/CCl. The molecule has 0 spiro atoms. The lowest BCUT2D eigenvalue weighted by Crippen LogP contribution is -2.23. The number of rotatable bonds is 4. The van der Waals surface area contributed by atoms with Crippen molar-refractivity contribution in [2.24, 2.45) is 0 Å². The van der Waals surface area contributed by atoms with Crippen molar-refractivity contribution in [2.75, 3.05) is 12.4 Å². The van der Waals surface area contributed by atoms with Crippen molar-refractivity contribution < 1.29 is 9.21 Å². The number of furan rings is 1. The zero-order chi connectivity index (χ0) is 10.4. The number of alkyl halides is 1. The fourth-order valence-corrected chi connectivity index (χ4v) is 1.14. The van der Waals surface area contributed by atoms with Gasteiger partial charge < -0.3 is 9.73 Å². The molecule has 76 valence electrons. The Labute approximate surface area is 87.7 Å². The maximum atomic E-state index is 11.5. The van der Waals surface area contributed by atoms with Crippen LogP contribution >= 0.6 is 11.6 Å². The van der Waals surface area contributed by atoms with E-state index < -0.39 is 0 Å². The van der Waals surface area contributed by atoms with Gasteiger partial charge in [-0.25, -0.2) is 0 Å². The van der Waals surface area contributed by atoms with E-state index in [-0.39, 0.29) is 5.91 Å². The molecule has 1 N–H and O–H groups in total. The fourth-order valence-electron chi connectivity index (χ4n) is 1.01. The maximum absolute atomic E-state index is 11.5. The fraction of sp³-hybridized carbons (Fsp3) is 0.300. The van der Waals surface area contributed by atoms with Crippen LogP contribution in [-0.4, -0.2) is 18.3 Å². The minimum atomic E-state index is -0.129. The Morgan fingerprint density at radius 1 is 1.64 bits per heavy atom. The number of hydrogen-bond donors (Lipinski definition) is 1. The van der Waals surface area contributed by atoms with Crippen molar-refractivity contribution in [3.05, 3.63) is 35.8 Å². The van der Waals surface area contributed by atoms with Gasteiger partial charge in [0.15, 0.2) is 0 Å². The Bertz CT molecular complexity index is 331. The first-order valence-corrected chi connectivity index (χ1v) is 4.82. The van der Waals surface area contributed by atoms with Crippen LogP contribution in [0.15, 0.2) is 28.9 Å². The van der Waals surface area contributed by atoms with E-state index in [2.05, 4.69) is 5.32 Å². The molecule has 1 amide bonds. The molecule has 14 heavy (non-hydrogen) atoms. The summed E-state index contributed by atoms with van der Waals surface area (Å²) in [7, 11) is 0. The minimum absolute atomic E-state index is 0.129. The molecule has 0 saturated carbocycles. The van der Waals surface area contributed by atoms with Crippen LogP contribution in [-0.2, 0) is 0 Å². The van der Waals surface area contributed by atoms with Gasteiger partial charge in [-0.05, 0) is 13.0 Å². The molecule has 0 fully saturated rings. The number of carbonyl (C=O) groups excluding carboxylic acids is 1. The second-order valence-electron chi connectivity index (χ2n) is 2.73. The first kappa shape index (κ1) is 10.9. The van der Waals surface area contributed by atoms with E-state index in [1.54, 1.807) is 25.1 Å². The second kappa shape index (κ2) is 5.50.